The highest BCUT2D eigenvalue weighted by atomic mass is 35.5. The molecule has 1 aliphatic rings. The highest BCUT2D eigenvalue weighted by Gasteiger charge is 2.32. The summed E-state index contributed by atoms with van der Waals surface area (Å²) in [5.74, 6) is -3.02. The third kappa shape index (κ3) is 4.52. The molecule has 0 radical (unpaired) electrons. The minimum atomic E-state index is -1.62. The molecule has 5 heteroatoms. The number of carbonyl (C=O) groups excluding carboxylic acids is 2. The van der Waals surface area contributed by atoms with Gasteiger partial charge < -0.3 is 5.11 Å². The summed E-state index contributed by atoms with van der Waals surface area (Å²) in [4.78, 5) is 35.8. The van der Waals surface area contributed by atoms with Crippen molar-refractivity contribution >= 4 is 35.2 Å². The van der Waals surface area contributed by atoms with Gasteiger partial charge in [0.15, 0.2) is 5.78 Å². The first-order chi connectivity index (χ1) is 10.9. The Morgan fingerprint density at radius 1 is 1.26 bits per heavy atom. The molecule has 1 aliphatic carbocycles. The van der Waals surface area contributed by atoms with Crippen LogP contribution >= 0.6 is 11.6 Å². The van der Waals surface area contributed by atoms with Crippen molar-refractivity contribution in [3.63, 3.8) is 0 Å². The van der Waals surface area contributed by atoms with Gasteiger partial charge in [-0.3, -0.25) is 9.59 Å². The average molecular weight is 335 g/mol. The molecule has 1 N–H and O–H groups in total. The molecule has 0 amide bonds. The number of halogens is 1. The van der Waals surface area contributed by atoms with E-state index in [1.807, 2.05) is 0 Å². The summed E-state index contributed by atoms with van der Waals surface area (Å²) in [7, 11) is 0. The Bertz CT molecular complexity index is 663. The molecular weight excluding hydrogens is 316 g/mol. The fourth-order valence-electron chi connectivity index (χ4n) is 3.02. The maximum atomic E-state index is 12.7. The van der Waals surface area contributed by atoms with E-state index >= 15 is 0 Å². The minimum Gasteiger partial charge on any atom is -0.475 e. The van der Waals surface area contributed by atoms with Gasteiger partial charge in [0.2, 0.25) is 0 Å². The Balaban J connectivity index is 2.36. The molecule has 4 nitrogen and oxygen atoms in total. The van der Waals surface area contributed by atoms with Crippen LogP contribution in [-0.2, 0) is 14.4 Å². The van der Waals surface area contributed by atoms with Gasteiger partial charge in [-0.2, -0.15) is 0 Å². The van der Waals surface area contributed by atoms with Crippen LogP contribution in [0, 0.1) is 11.8 Å². The predicted molar refractivity (Wildman–Crippen MR) is 88.2 cm³/mol. The van der Waals surface area contributed by atoms with Crippen LogP contribution in [0.15, 0.2) is 29.8 Å². The number of carbonyl (C=O) groups is 3. The van der Waals surface area contributed by atoms with Crippen molar-refractivity contribution in [3.05, 3.63) is 40.4 Å². The fourth-order valence-corrected chi connectivity index (χ4v) is 3.22. The molecule has 2 rings (SSSR count). The van der Waals surface area contributed by atoms with Crippen LogP contribution in [0.3, 0.4) is 0 Å². The summed E-state index contributed by atoms with van der Waals surface area (Å²) in [5.41, 5.74) is 0.276. The van der Waals surface area contributed by atoms with Crippen molar-refractivity contribution < 1.29 is 19.5 Å². The van der Waals surface area contributed by atoms with Crippen molar-refractivity contribution in [1.29, 1.82) is 0 Å². The minimum absolute atomic E-state index is 0.265. The number of rotatable bonds is 5. The summed E-state index contributed by atoms with van der Waals surface area (Å²) in [6.07, 6.45) is 4.71. The number of carboxylic acids is 1. The SMILES string of the molecule is CC1CCCC(C(=O)C(=Cc2cccc(Cl)c2)C(=O)C(=O)O)C1. The maximum absolute atomic E-state index is 12.7. The summed E-state index contributed by atoms with van der Waals surface area (Å²) >= 11 is 5.90. The monoisotopic (exact) mass is 334 g/mol. The number of carboxylic acid groups (broad SMARTS) is 1. The molecule has 2 atom stereocenters. The second-order valence-corrected chi connectivity index (χ2v) is 6.52. The molecule has 122 valence electrons. The highest BCUT2D eigenvalue weighted by molar-refractivity contribution is 6.48. The molecule has 0 aromatic heterocycles. The molecule has 1 aromatic carbocycles. The lowest BCUT2D eigenvalue weighted by molar-refractivity contribution is -0.148. The van der Waals surface area contributed by atoms with E-state index in [1.165, 1.54) is 6.08 Å². The van der Waals surface area contributed by atoms with E-state index in [0.717, 1.165) is 12.8 Å². The lowest BCUT2D eigenvalue weighted by Gasteiger charge is -2.25. The Kier molecular flexibility index (Phi) is 5.72. The second kappa shape index (κ2) is 7.55. The average Bonchev–Trinajstić information content (AvgIpc) is 2.51. The van der Waals surface area contributed by atoms with Gasteiger partial charge in [0, 0.05) is 10.9 Å². The van der Waals surface area contributed by atoms with Gasteiger partial charge in [-0.1, -0.05) is 43.5 Å². The van der Waals surface area contributed by atoms with Gasteiger partial charge in [0.05, 0.1) is 5.57 Å². The van der Waals surface area contributed by atoms with E-state index in [2.05, 4.69) is 6.92 Å². The fraction of sp³-hybridized carbons (Fsp3) is 0.389. The molecule has 0 aliphatic heterocycles. The molecule has 1 saturated carbocycles. The zero-order valence-electron chi connectivity index (χ0n) is 12.9. The van der Waals surface area contributed by atoms with Crippen LogP contribution in [0.4, 0.5) is 0 Å². The van der Waals surface area contributed by atoms with Gasteiger partial charge in [-0.15, -0.1) is 0 Å². The number of ketones is 2. The van der Waals surface area contributed by atoms with Crippen LogP contribution in [-0.4, -0.2) is 22.6 Å². The van der Waals surface area contributed by atoms with Gasteiger partial charge in [0.1, 0.15) is 0 Å². The van der Waals surface area contributed by atoms with Gasteiger partial charge in [-0.05, 0) is 42.5 Å². The second-order valence-electron chi connectivity index (χ2n) is 6.08. The molecule has 0 heterocycles. The Labute approximate surface area is 140 Å². The van der Waals surface area contributed by atoms with E-state index in [1.54, 1.807) is 24.3 Å². The largest absolute Gasteiger partial charge is 0.475 e. The molecule has 1 fully saturated rings. The number of benzene rings is 1. The van der Waals surface area contributed by atoms with Crippen LogP contribution in [0.5, 0.6) is 0 Å². The number of Topliss-reactive ketones (excluding diaryl/α,β-unsaturated/α-hetero) is 2. The summed E-state index contributed by atoms with van der Waals surface area (Å²) in [6, 6.07) is 6.62. The quantitative estimate of drug-likeness (QED) is 0.385. The predicted octanol–water partition coefficient (Wildman–Crippen LogP) is 3.77. The third-order valence-electron chi connectivity index (χ3n) is 4.17. The van der Waals surface area contributed by atoms with Gasteiger partial charge in [0.25, 0.3) is 5.78 Å². The van der Waals surface area contributed by atoms with Crippen LogP contribution < -0.4 is 0 Å². The van der Waals surface area contributed by atoms with Crippen LogP contribution in [0.1, 0.15) is 38.2 Å². The molecule has 0 saturated heterocycles. The maximum Gasteiger partial charge on any atom is 0.377 e. The molecule has 2 unspecified atom stereocenters. The molecule has 0 spiro atoms. The zero-order valence-corrected chi connectivity index (χ0v) is 13.7. The van der Waals surface area contributed by atoms with Crippen molar-refractivity contribution in [3.8, 4) is 0 Å². The zero-order chi connectivity index (χ0) is 17.0. The highest BCUT2D eigenvalue weighted by Crippen LogP contribution is 2.31. The standard InChI is InChI=1S/C18H19ClO4/c1-11-4-2-6-13(8-11)16(20)15(17(21)18(22)23)10-12-5-3-7-14(19)9-12/h3,5,7,9-11,13H,2,4,6,8H2,1H3,(H,22,23). The van der Waals surface area contributed by atoms with Crippen molar-refractivity contribution in [2.24, 2.45) is 11.8 Å². The van der Waals surface area contributed by atoms with Crippen molar-refractivity contribution in [2.45, 2.75) is 32.6 Å². The summed E-state index contributed by atoms with van der Waals surface area (Å²) in [5, 5.41) is 9.47. The first-order valence-electron chi connectivity index (χ1n) is 7.67. The Morgan fingerprint density at radius 3 is 2.61 bits per heavy atom. The van der Waals surface area contributed by atoms with Crippen LogP contribution in [0.25, 0.3) is 6.08 Å². The Morgan fingerprint density at radius 2 is 2.00 bits per heavy atom. The van der Waals surface area contributed by atoms with Crippen molar-refractivity contribution in [2.75, 3.05) is 0 Å². The van der Waals surface area contributed by atoms with Gasteiger partial charge >= 0.3 is 5.97 Å². The number of hydrogen-bond acceptors (Lipinski definition) is 3. The molecule has 0 bridgehead atoms. The number of hydrogen-bond donors (Lipinski definition) is 1. The lowest BCUT2D eigenvalue weighted by Crippen LogP contribution is -2.29. The first kappa shape index (κ1) is 17.4. The van der Waals surface area contributed by atoms with Crippen molar-refractivity contribution in [1.82, 2.24) is 0 Å². The van der Waals surface area contributed by atoms with Crippen LogP contribution in [0.2, 0.25) is 5.02 Å². The molecule has 23 heavy (non-hydrogen) atoms. The molecular formula is C18H19ClO4. The van der Waals surface area contributed by atoms with Gasteiger partial charge in [-0.25, -0.2) is 4.79 Å². The van der Waals surface area contributed by atoms with E-state index in [0.29, 0.717) is 29.3 Å². The van der Waals surface area contributed by atoms with E-state index in [-0.39, 0.29) is 17.3 Å². The summed E-state index contributed by atoms with van der Waals surface area (Å²) in [6.45, 7) is 2.07. The van der Waals surface area contributed by atoms with E-state index in [9.17, 15) is 14.4 Å². The van der Waals surface area contributed by atoms with E-state index in [4.69, 9.17) is 16.7 Å². The lowest BCUT2D eigenvalue weighted by atomic mass is 9.78. The molecule has 1 aromatic rings. The topological polar surface area (TPSA) is 71.4 Å². The summed E-state index contributed by atoms with van der Waals surface area (Å²) < 4.78 is 0. The van der Waals surface area contributed by atoms with E-state index < -0.39 is 11.8 Å². The smallest absolute Gasteiger partial charge is 0.377 e. The normalized spacial score (nSPS) is 21.7. The first-order valence-corrected chi connectivity index (χ1v) is 8.05. The third-order valence-corrected chi connectivity index (χ3v) is 4.41. The number of aliphatic carboxylic acids is 1. The Hall–Kier alpha value is -1.94.